The van der Waals surface area contributed by atoms with Crippen LogP contribution in [0.15, 0.2) is 0 Å². The molecule has 1 saturated heterocycles. The van der Waals surface area contributed by atoms with E-state index in [1.54, 1.807) is 0 Å². The minimum atomic E-state index is -1.07. The van der Waals surface area contributed by atoms with Crippen LogP contribution in [0.4, 0.5) is 0 Å². The lowest BCUT2D eigenvalue weighted by atomic mass is 10.0. The smallest absolute Gasteiger partial charge is 0.186 e. The summed E-state index contributed by atoms with van der Waals surface area (Å²) in [5.41, 5.74) is 0. The molecule has 0 aromatic heterocycles. The van der Waals surface area contributed by atoms with Crippen molar-refractivity contribution in [1.29, 1.82) is 0 Å². The summed E-state index contributed by atoms with van der Waals surface area (Å²) in [7, 11) is 0. The molecule has 1 aliphatic heterocycles. The van der Waals surface area contributed by atoms with Crippen LogP contribution in [0.25, 0.3) is 0 Å². The van der Waals surface area contributed by atoms with Crippen molar-refractivity contribution >= 4 is 0 Å². The van der Waals surface area contributed by atoms with Crippen molar-refractivity contribution in [2.75, 3.05) is 13.2 Å². The zero-order valence-electron chi connectivity index (χ0n) is 18.4. The molecular weight excluding hydrogens is 356 g/mol. The van der Waals surface area contributed by atoms with Gasteiger partial charge in [-0.05, 0) is 12.3 Å². The predicted octanol–water partition coefficient (Wildman–Crippen LogP) is 4.56. The van der Waals surface area contributed by atoms with Crippen LogP contribution in [0.1, 0.15) is 104 Å². The molecule has 3 N–H and O–H groups in total. The number of hydrogen-bond donors (Lipinski definition) is 3. The van der Waals surface area contributed by atoms with E-state index in [0.717, 1.165) is 18.8 Å². The first-order valence-electron chi connectivity index (χ1n) is 11.8. The average molecular weight is 403 g/mol. The van der Waals surface area contributed by atoms with E-state index in [2.05, 4.69) is 13.8 Å². The van der Waals surface area contributed by atoms with Crippen molar-refractivity contribution in [3.05, 3.63) is 0 Å². The molecule has 0 spiro atoms. The highest BCUT2D eigenvalue weighted by molar-refractivity contribution is 4.86. The van der Waals surface area contributed by atoms with E-state index in [0.29, 0.717) is 6.61 Å². The highest BCUT2D eigenvalue weighted by Gasteiger charge is 2.42. The number of unbranched alkanes of at least 4 members (excludes halogenated alkanes) is 12. The highest BCUT2D eigenvalue weighted by Crippen LogP contribution is 2.22. The summed E-state index contributed by atoms with van der Waals surface area (Å²) in [5, 5.41) is 28.5. The van der Waals surface area contributed by atoms with Crippen molar-refractivity contribution < 1.29 is 24.8 Å². The molecule has 0 radical (unpaired) electrons. The molecule has 0 bridgehead atoms. The third kappa shape index (κ3) is 11.7. The second kappa shape index (κ2) is 16.6. The SMILES string of the molecule is CC(C)CCCCCCCCCCCCCCCOC1O[C@H](CO)[C@H](O)[C@H]1O. The van der Waals surface area contributed by atoms with Crippen LogP contribution in [-0.4, -0.2) is 53.1 Å². The zero-order valence-corrected chi connectivity index (χ0v) is 18.4. The van der Waals surface area contributed by atoms with Crippen LogP contribution in [0.5, 0.6) is 0 Å². The minimum Gasteiger partial charge on any atom is -0.394 e. The van der Waals surface area contributed by atoms with E-state index in [1.165, 1.54) is 77.0 Å². The molecule has 28 heavy (non-hydrogen) atoms. The Labute approximate surface area is 172 Å². The predicted molar refractivity (Wildman–Crippen MR) is 113 cm³/mol. The molecule has 0 aliphatic carbocycles. The maximum atomic E-state index is 9.78. The van der Waals surface area contributed by atoms with Gasteiger partial charge in [0.05, 0.1) is 6.61 Å². The van der Waals surface area contributed by atoms with Gasteiger partial charge >= 0.3 is 0 Å². The second-order valence-electron chi connectivity index (χ2n) is 8.86. The van der Waals surface area contributed by atoms with Gasteiger partial charge in [0.1, 0.15) is 18.3 Å². The summed E-state index contributed by atoms with van der Waals surface area (Å²) >= 11 is 0. The lowest BCUT2D eigenvalue weighted by Crippen LogP contribution is -2.34. The van der Waals surface area contributed by atoms with Gasteiger partial charge in [0, 0.05) is 6.61 Å². The van der Waals surface area contributed by atoms with E-state index in [4.69, 9.17) is 14.6 Å². The molecular formula is C23H46O5. The number of aliphatic hydroxyl groups is 3. The van der Waals surface area contributed by atoms with Crippen LogP contribution >= 0.6 is 0 Å². The standard InChI is InChI=1S/C23H46O5/c1-19(2)16-14-12-10-8-6-4-3-5-7-9-11-13-15-17-27-23-22(26)21(25)20(18-24)28-23/h19-26H,3-18H2,1-2H3/t20-,21+,22-,23?/m1/s1. The number of rotatable bonds is 18. The van der Waals surface area contributed by atoms with Crippen LogP contribution in [0, 0.1) is 5.92 Å². The molecule has 1 unspecified atom stereocenters. The third-order valence-corrected chi connectivity index (χ3v) is 5.71. The molecule has 5 nitrogen and oxygen atoms in total. The van der Waals surface area contributed by atoms with Crippen LogP contribution in [0.3, 0.4) is 0 Å². The maximum absolute atomic E-state index is 9.78. The molecule has 5 heteroatoms. The first-order chi connectivity index (χ1) is 13.6. The Bertz CT molecular complexity index is 350. The summed E-state index contributed by atoms with van der Waals surface area (Å²) in [5.74, 6) is 0.857. The highest BCUT2D eigenvalue weighted by atomic mass is 16.7. The molecule has 0 aromatic carbocycles. The Kier molecular flexibility index (Phi) is 15.3. The molecule has 168 valence electrons. The van der Waals surface area contributed by atoms with E-state index in [9.17, 15) is 10.2 Å². The van der Waals surface area contributed by atoms with Gasteiger partial charge in [-0.15, -0.1) is 0 Å². The van der Waals surface area contributed by atoms with E-state index in [1.807, 2.05) is 0 Å². The fourth-order valence-electron chi connectivity index (χ4n) is 3.80. The topological polar surface area (TPSA) is 79.2 Å². The Morgan fingerprint density at radius 2 is 1.18 bits per heavy atom. The number of ether oxygens (including phenoxy) is 2. The second-order valence-corrected chi connectivity index (χ2v) is 8.86. The van der Waals surface area contributed by atoms with Gasteiger partial charge < -0.3 is 24.8 Å². The zero-order chi connectivity index (χ0) is 20.6. The minimum absolute atomic E-state index is 0.309. The van der Waals surface area contributed by atoms with Gasteiger partial charge in [0.15, 0.2) is 6.29 Å². The van der Waals surface area contributed by atoms with Crippen molar-refractivity contribution in [2.24, 2.45) is 5.92 Å². The van der Waals surface area contributed by atoms with Gasteiger partial charge in [-0.1, -0.05) is 97.3 Å². The largest absolute Gasteiger partial charge is 0.394 e. The van der Waals surface area contributed by atoms with Gasteiger partial charge in [-0.3, -0.25) is 0 Å². The third-order valence-electron chi connectivity index (χ3n) is 5.71. The van der Waals surface area contributed by atoms with E-state index >= 15 is 0 Å². The summed E-state index contributed by atoms with van der Waals surface area (Å²) in [6, 6.07) is 0. The van der Waals surface area contributed by atoms with E-state index in [-0.39, 0.29) is 6.61 Å². The fourth-order valence-corrected chi connectivity index (χ4v) is 3.80. The maximum Gasteiger partial charge on any atom is 0.186 e. The average Bonchev–Trinajstić information content (AvgIpc) is 2.95. The fraction of sp³-hybridized carbons (Fsp3) is 1.00. The quantitative estimate of drug-likeness (QED) is 0.293. The van der Waals surface area contributed by atoms with Gasteiger partial charge in [-0.2, -0.15) is 0 Å². The Morgan fingerprint density at radius 3 is 1.61 bits per heavy atom. The summed E-state index contributed by atoms with van der Waals surface area (Å²) < 4.78 is 10.8. The Balaban J connectivity index is 1.78. The first kappa shape index (κ1) is 25.8. The van der Waals surface area contributed by atoms with E-state index < -0.39 is 24.6 Å². The lowest BCUT2D eigenvalue weighted by Gasteiger charge is -2.15. The normalized spacial score (nSPS) is 25.1. The van der Waals surface area contributed by atoms with Crippen LogP contribution < -0.4 is 0 Å². The summed E-state index contributed by atoms with van der Waals surface area (Å²) in [4.78, 5) is 0. The van der Waals surface area contributed by atoms with Crippen molar-refractivity contribution in [2.45, 2.75) is 128 Å². The molecule has 1 aliphatic rings. The monoisotopic (exact) mass is 402 g/mol. The summed E-state index contributed by atoms with van der Waals surface area (Å²) in [6.07, 6.45) is 14.7. The Morgan fingerprint density at radius 1 is 0.714 bits per heavy atom. The molecule has 0 saturated carbocycles. The molecule has 1 fully saturated rings. The van der Waals surface area contributed by atoms with Crippen molar-refractivity contribution in [3.63, 3.8) is 0 Å². The number of hydrogen-bond acceptors (Lipinski definition) is 5. The molecule has 1 rings (SSSR count). The summed E-state index contributed by atoms with van der Waals surface area (Å²) in [6.45, 7) is 4.83. The molecule has 0 aromatic rings. The van der Waals surface area contributed by atoms with Gasteiger partial charge in [0.2, 0.25) is 0 Å². The molecule has 4 atom stereocenters. The van der Waals surface area contributed by atoms with Crippen LogP contribution in [-0.2, 0) is 9.47 Å². The first-order valence-corrected chi connectivity index (χ1v) is 11.8. The van der Waals surface area contributed by atoms with Crippen molar-refractivity contribution in [1.82, 2.24) is 0 Å². The molecule has 1 heterocycles. The van der Waals surface area contributed by atoms with Gasteiger partial charge in [0.25, 0.3) is 0 Å². The number of aliphatic hydroxyl groups excluding tert-OH is 3. The van der Waals surface area contributed by atoms with Gasteiger partial charge in [-0.25, -0.2) is 0 Å². The molecule has 0 amide bonds. The van der Waals surface area contributed by atoms with Crippen LogP contribution in [0.2, 0.25) is 0 Å². The van der Waals surface area contributed by atoms with Crippen molar-refractivity contribution in [3.8, 4) is 0 Å². The lowest BCUT2D eigenvalue weighted by molar-refractivity contribution is -0.169. The Hall–Kier alpha value is -0.200.